The quantitative estimate of drug-likeness (QED) is 0.630. The Morgan fingerprint density at radius 2 is 1.81 bits per heavy atom. The van der Waals surface area contributed by atoms with E-state index in [1.807, 2.05) is 6.92 Å². The first-order valence-corrected chi connectivity index (χ1v) is 10.3. The number of nitrogens with zero attached hydrogens (tertiary/aromatic N) is 2. The van der Waals surface area contributed by atoms with Crippen molar-refractivity contribution in [3.05, 3.63) is 51.9 Å². The molecule has 7 heteroatoms. The maximum absolute atomic E-state index is 13.1. The van der Waals surface area contributed by atoms with E-state index in [1.54, 1.807) is 44.6 Å². The number of phenolic OH excluding ortho intramolecular Hbond substituents is 1. The van der Waals surface area contributed by atoms with Gasteiger partial charge in [-0.05, 0) is 43.8 Å². The molecule has 31 heavy (non-hydrogen) atoms. The van der Waals surface area contributed by atoms with Crippen molar-refractivity contribution in [2.24, 2.45) is 0 Å². The summed E-state index contributed by atoms with van der Waals surface area (Å²) in [5, 5.41) is 11.4. The molecule has 1 aliphatic heterocycles. The molecular weight excluding hydrogens is 396 g/mol. The number of ether oxygens (including phenoxy) is 2. The van der Waals surface area contributed by atoms with Crippen molar-refractivity contribution in [1.29, 1.82) is 0 Å². The number of rotatable bonds is 5. The number of methoxy groups -OCH3 is 2. The van der Waals surface area contributed by atoms with Gasteiger partial charge >= 0.3 is 5.63 Å². The second-order valence-corrected chi connectivity index (χ2v) is 7.98. The summed E-state index contributed by atoms with van der Waals surface area (Å²) < 4.78 is 16.6. The summed E-state index contributed by atoms with van der Waals surface area (Å²) in [6.45, 7) is 6.17. The van der Waals surface area contributed by atoms with Crippen LogP contribution in [0.4, 0.5) is 0 Å². The highest BCUT2D eigenvalue weighted by Crippen LogP contribution is 2.37. The highest BCUT2D eigenvalue weighted by molar-refractivity contribution is 5.90. The van der Waals surface area contributed by atoms with Crippen molar-refractivity contribution in [1.82, 2.24) is 9.80 Å². The van der Waals surface area contributed by atoms with Gasteiger partial charge in [-0.1, -0.05) is 0 Å². The van der Waals surface area contributed by atoms with E-state index in [1.165, 1.54) is 0 Å². The lowest BCUT2D eigenvalue weighted by molar-refractivity contribution is 0.147. The predicted molar refractivity (Wildman–Crippen MR) is 120 cm³/mol. The summed E-state index contributed by atoms with van der Waals surface area (Å²) >= 11 is 0. The molecule has 1 fully saturated rings. The number of hydrogen-bond donors (Lipinski definition) is 1. The Morgan fingerprint density at radius 3 is 2.48 bits per heavy atom. The van der Waals surface area contributed by atoms with Crippen LogP contribution in [0.1, 0.15) is 11.1 Å². The van der Waals surface area contributed by atoms with Gasteiger partial charge < -0.3 is 23.9 Å². The van der Waals surface area contributed by atoms with E-state index >= 15 is 0 Å². The number of phenols is 1. The van der Waals surface area contributed by atoms with Gasteiger partial charge in [0.05, 0.1) is 25.3 Å². The number of aromatic hydroxyl groups is 1. The Labute approximate surface area is 181 Å². The topological polar surface area (TPSA) is 75.4 Å². The van der Waals surface area contributed by atoms with Crippen LogP contribution in [0.5, 0.6) is 17.2 Å². The van der Waals surface area contributed by atoms with Crippen molar-refractivity contribution in [3.8, 4) is 28.4 Å². The number of benzene rings is 2. The standard InChI is InChI=1S/C24H28N2O5/c1-15-17-7-8-20(27)19(14-26-11-9-25(2)10-12-26)23(17)31-24(28)22(15)18-6-5-16(29-3)13-21(18)30-4/h5-8,13,27H,9-12,14H2,1-4H3. The first-order valence-electron chi connectivity index (χ1n) is 10.3. The van der Waals surface area contributed by atoms with Crippen molar-refractivity contribution in [2.45, 2.75) is 13.5 Å². The lowest BCUT2D eigenvalue weighted by atomic mass is 9.97. The zero-order valence-electron chi connectivity index (χ0n) is 18.4. The molecule has 0 radical (unpaired) electrons. The predicted octanol–water partition coefficient (Wildman–Crippen LogP) is 3.24. The van der Waals surface area contributed by atoms with Gasteiger partial charge in [0.15, 0.2) is 0 Å². The van der Waals surface area contributed by atoms with Gasteiger partial charge in [0.25, 0.3) is 0 Å². The monoisotopic (exact) mass is 424 g/mol. The third kappa shape index (κ3) is 3.98. The molecule has 3 aromatic rings. The molecule has 4 rings (SSSR count). The SMILES string of the molecule is COc1ccc(-c2c(C)c3ccc(O)c(CN4CCN(C)CC4)c3oc2=O)c(OC)c1. The third-order valence-electron chi connectivity index (χ3n) is 6.07. The molecule has 2 aromatic carbocycles. The fourth-order valence-corrected chi connectivity index (χ4v) is 4.16. The first-order chi connectivity index (χ1) is 14.9. The van der Waals surface area contributed by atoms with E-state index in [4.69, 9.17) is 13.9 Å². The van der Waals surface area contributed by atoms with Crippen LogP contribution < -0.4 is 15.1 Å². The smallest absolute Gasteiger partial charge is 0.344 e. The molecule has 1 N–H and O–H groups in total. The Balaban J connectivity index is 1.83. The summed E-state index contributed by atoms with van der Waals surface area (Å²) in [7, 11) is 5.24. The average Bonchev–Trinajstić information content (AvgIpc) is 2.77. The summed E-state index contributed by atoms with van der Waals surface area (Å²) in [4.78, 5) is 17.7. The van der Waals surface area contributed by atoms with E-state index in [0.717, 1.165) is 37.1 Å². The Kier molecular flexibility index (Phi) is 5.89. The van der Waals surface area contributed by atoms with Gasteiger partial charge in [0.1, 0.15) is 22.8 Å². The molecule has 0 amide bonds. The minimum Gasteiger partial charge on any atom is -0.507 e. The fourth-order valence-electron chi connectivity index (χ4n) is 4.16. The zero-order chi connectivity index (χ0) is 22.1. The molecular formula is C24H28N2O5. The number of likely N-dealkylation sites (N-methyl/N-ethyl adjacent to an activating group) is 1. The molecule has 1 aliphatic rings. The molecule has 7 nitrogen and oxygen atoms in total. The Morgan fingerprint density at radius 1 is 1.06 bits per heavy atom. The second kappa shape index (κ2) is 8.61. The van der Waals surface area contributed by atoms with E-state index in [2.05, 4.69) is 16.8 Å². The molecule has 1 aromatic heterocycles. The van der Waals surface area contributed by atoms with Gasteiger partial charge in [0, 0.05) is 49.7 Å². The van der Waals surface area contributed by atoms with Crippen LogP contribution in [0.25, 0.3) is 22.1 Å². The van der Waals surface area contributed by atoms with Crippen LogP contribution >= 0.6 is 0 Å². The first kappa shape index (κ1) is 21.2. The summed E-state index contributed by atoms with van der Waals surface area (Å²) in [6.07, 6.45) is 0. The highest BCUT2D eigenvalue weighted by Gasteiger charge is 2.22. The number of hydrogen-bond acceptors (Lipinski definition) is 7. The van der Waals surface area contributed by atoms with Crippen LogP contribution in [-0.4, -0.2) is 62.4 Å². The van der Waals surface area contributed by atoms with E-state index in [-0.39, 0.29) is 5.75 Å². The van der Waals surface area contributed by atoms with Gasteiger partial charge in [-0.3, -0.25) is 4.90 Å². The minimum absolute atomic E-state index is 0.142. The van der Waals surface area contributed by atoms with Crippen LogP contribution in [0, 0.1) is 6.92 Å². The van der Waals surface area contributed by atoms with Crippen LogP contribution in [-0.2, 0) is 6.54 Å². The van der Waals surface area contributed by atoms with Crippen molar-refractivity contribution >= 4 is 11.0 Å². The van der Waals surface area contributed by atoms with Crippen LogP contribution in [0.15, 0.2) is 39.5 Å². The number of aryl methyl sites for hydroxylation is 1. The van der Waals surface area contributed by atoms with Crippen molar-refractivity contribution in [3.63, 3.8) is 0 Å². The van der Waals surface area contributed by atoms with Crippen molar-refractivity contribution < 1.29 is 19.0 Å². The average molecular weight is 424 g/mol. The number of piperazine rings is 1. The van der Waals surface area contributed by atoms with E-state index in [9.17, 15) is 9.90 Å². The van der Waals surface area contributed by atoms with Gasteiger partial charge in [-0.15, -0.1) is 0 Å². The normalized spacial score (nSPS) is 15.4. The van der Waals surface area contributed by atoms with E-state index < -0.39 is 5.63 Å². The maximum atomic E-state index is 13.1. The Hall–Kier alpha value is -3.03. The van der Waals surface area contributed by atoms with Crippen LogP contribution in [0.2, 0.25) is 0 Å². The van der Waals surface area contributed by atoms with Gasteiger partial charge in [-0.25, -0.2) is 4.79 Å². The largest absolute Gasteiger partial charge is 0.507 e. The molecule has 164 valence electrons. The summed E-state index contributed by atoms with van der Waals surface area (Å²) in [5.41, 5.74) is 2.51. The molecule has 0 unspecified atom stereocenters. The van der Waals surface area contributed by atoms with Gasteiger partial charge in [0.2, 0.25) is 0 Å². The molecule has 0 saturated carbocycles. The molecule has 1 saturated heterocycles. The fraction of sp³-hybridized carbons (Fsp3) is 0.375. The molecule has 0 aliphatic carbocycles. The van der Waals surface area contributed by atoms with Gasteiger partial charge in [-0.2, -0.15) is 0 Å². The lowest BCUT2D eigenvalue weighted by Gasteiger charge is -2.32. The molecule has 0 spiro atoms. The highest BCUT2D eigenvalue weighted by atomic mass is 16.5. The Bertz CT molecular complexity index is 1160. The molecule has 0 atom stereocenters. The second-order valence-electron chi connectivity index (χ2n) is 7.98. The molecule has 2 heterocycles. The zero-order valence-corrected chi connectivity index (χ0v) is 18.4. The van der Waals surface area contributed by atoms with Crippen molar-refractivity contribution in [2.75, 3.05) is 47.4 Å². The third-order valence-corrected chi connectivity index (χ3v) is 6.07. The lowest BCUT2D eigenvalue weighted by Crippen LogP contribution is -2.43. The maximum Gasteiger partial charge on any atom is 0.344 e. The van der Waals surface area contributed by atoms with Crippen LogP contribution in [0.3, 0.4) is 0 Å². The molecule has 0 bridgehead atoms. The summed E-state index contributed by atoms with van der Waals surface area (Å²) in [5.74, 6) is 1.32. The minimum atomic E-state index is -0.460. The summed E-state index contributed by atoms with van der Waals surface area (Å²) in [6, 6.07) is 8.81. The number of fused-ring (bicyclic) bond motifs is 1. The van der Waals surface area contributed by atoms with E-state index in [0.29, 0.717) is 40.3 Å².